The summed E-state index contributed by atoms with van der Waals surface area (Å²) in [6, 6.07) is 0.234. The Morgan fingerprint density at radius 3 is 2.48 bits per heavy atom. The molecule has 5 aliphatic rings. The molecule has 2 bridgehead atoms. The first-order chi connectivity index (χ1) is 13.8. The predicted molar refractivity (Wildman–Crippen MR) is 109 cm³/mol. The number of carbonyl (C=O) groups is 2. The van der Waals surface area contributed by atoms with Gasteiger partial charge in [-0.05, 0) is 57.8 Å². The zero-order valence-electron chi connectivity index (χ0n) is 17.4. The molecule has 7 heteroatoms. The van der Waals surface area contributed by atoms with Gasteiger partial charge in [-0.1, -0.05) is 19.3 Å². The number of rotatable bonds is 7. The Hall–Kier alpha value is -0.880. The number of halogens is 2. The molecular weight excluding hydrogens is 395 g/mol. The van der Waals surface area contributed by atoms with Gasteiger partial charge in [0.05, 0.1) is 16.9 Å². The van der Waals surface area contributed by atoms with Crippen LogP contribution in [0.15, 0.2) is 0 Å². The molecular formula is C22H34ClFN2O3. The molecule has 2 amide bonds. The SMILES string of the molecule is CC(NC(=O)C12CC(NC(=O)COC3CCC(Cl)C(F)C3)(C1)C2)C1CCCCC1. The molecule has 0 spiro atoms. The second-order valence-corrected chi connectivity index (χ2v) is 10.6. The van der Waals surface area contributed by atoms with E-state index in [-0.39, 0.29) is 47.9 Å². The molecule has 0 radical (unpaired) electrons. The lowest BCUT2D eigenvalue weighted by Gasteiger charge is -2.69. The maximum Gasteiger partial charge on any atom is 0.246 e. The zero-order valence-corrected chi connectivity index (χ0v) is 18.1. The molecule has 5 saturated carbocycles. The van der Waals surface area contributed by atoms with Gasteiger partial charge >= 0.3 is 0 Å². The molecule has 0 aromatic carbocycles. The van der Waals surface area contributed by atoms with E-state index in [0.29, 0.717) is 18.8 Å². The van der Waals surface area contributed by atoms with Crippen LogP contribution in [0.2, 0.25) is 0 Å². The van der Waals surface area contributed by atoms with Crippen LogP contribution in [-0.4, -0.2) is 47.7 Å². The molecule has 0 aromatic rings. The van der Waals surface area contributed by atoms with Gasteiger partial charge in [0.1, 0.15) is 12.8 Å². The molecule has 5 fully saturated rings. The number of hydrogen-bond donors (Lipinski definition) is 2. The van der Waals surface area contributed by atoms with Crippen molar-refractivity contribution in [3.8, 4) is 0 Å². The first kappa shape index (κ1) is 21.4. The van der Waals surface area contributed by atoms with Crippen LogP contribution in [0.5, 0.6) is 0 Å². The smallest absolute Gasteiger partial charge is 0.246 e. The molecule has 4 atom stereocenters. The monoisotopic (exact) mass is 428 g/mol. The molecule has 0 heterocycles. The Morgan fingerprint density at radius 2 is 1.83 bits per heavy atom. The van der Waals surface area contributed by atoms with Crippen molar-refractivity contribution < 1.29 is 18.7 Å². The highest BCUT2D eigenvalue weighted by Gasteiger charge is 2.72. The fourth-order valence-electron chi connectivity index (χ4n) is 5.99. The van der Waals surface area contributed by atoms with Crippen molar-refractivity contribution in [1.29, 1.82) is 0 Å². The zero-order chi connectivity index (χ0) is 20.6. The summed E-state index contributed by atoms with van der Waals surface area (Å²) >= 11 is 5.89. The average molecular weight is 429 g/mol. The Kier molecular flexibility index (Phi) is 6.14. The minimum Gasteiger partial charge on any atom is -0.368 e. The van der Waals surface area contributed by atoms with E-state index in [0.717, 1.165) is 19.3 Å². The summed E-state index contributed by atoms with van der Waals surface area (Å²) in [6.07, 6.45) is 8.67. The van der Waals surface area contributed by atoms with Crippen LogP contribution < -0.4 is 10.6 Å². The standard InChI is InChI=1S/C22H34ClFN2O3/c1-14(15-5-3-2-4-6-15)25-20(28)21-11-22(12-21,13-21)26-19(27)10-29-16-7-8-17(23)18(24)9-16/h14-18H,2-13H2,1H3,(H,25,28)(H,26,27). The minimum absolute atomic E-state index is 0.0516. The Labute approximate surface area is 177 Å². The van der Waals surface area contributed by atoms with E-state index in [1.165, 1.54) is 32.1 Å². The highest BCUT2D eigenvalue weighted by molar-refractivity contribution is 6.21. The van der Waals surface area contributed by atoms with Crippen molar-refractivity contribution in [3.05, 3.63) is 0 Å². The largest absolute Gasteiger partial charge is 0.368 e. The Balaban J connectivity index is 1.16. The summed E-state index contributed by atoms with van der Waals surface area (Å²) in [4.78, 5) is 25.0. The van der Waals surface area contributed by atoms with E-state index in [4.69, 9.17) is 16.3 Å². The maximum absolute atomic E-state index is 13.7. The van der Waals surface area contributed by atoms with Gasteiger partial charge in [0, 0.05) is 18.0 Å². The van der Waals surface area contributed by atoms with Gasteiger partial charge < -0.3 is 15.4 Å². The summed E-state index contributed by atoms with van der Waals surface area (Å²) in [5, 5.41) is 5.87. The van der Waals surface area contributed by atoms with Crippen LogP contribution in [0.25, 0.3) is 0 Å². The molecule has 4 unspecified atom stereocenters. The fourth-order valence-corrected chi connectivity index (χ4v) is 6.22. The van der Waals surface area contributed by atoms with Gasteiger partial charge in [-0.2, -0.15) is 0 Å². The normalized spacial score (nSPS) is 40.3. The predicted octanol–water partition coefficient (Wildman–Crippen LogP) is 3.62. The summed E-state index contributed by atoms with van der Waals surface area (Å²) < 4.78 is 19.3. The van der Waals surface area contributed by atoms with E-state index in [2.05, 4.69) is 17.6 Å². The molecule has 0 saturated heterocycles. The van der Waals surface area contributed by atoms with Gasteiger partial charge in [0.15, 0.2) is 0 Å². The molecule has 0 aliphatic heterocycles. The molecule has 164 valence electrons. The summed E-state index contributed by atoms with van der Waals surface area (Å²) in [7, 11) is 0. The number of alkyl halides is 2. The van der Waals surface area contributed by atoms with Crippen molar-refractivity contribution in [2.75, 3.05) is 6.61 Å². The number of carbonyl (C=O) groups excluding carboxylic acids is 2. The lowest BCUT2D eigenvalue weighted by molar-refractivity contribution is -0.185. The van der Waals surface area contributed by atoms with Gasteiger partial charge in [-0.25, -0.2) is 4.39 Å². The number of hydrogen-bond acceptors (Lipinski definition) is 3. The molecule has 5 aliphatic carbocycles. The highest BCUT2D eigenvalue weighted by Crippen LogP contribution is 2.67. The maximum atomic E-state index is 13.7. The van der Waals surface area contributed by atoms with Crippen LogP contribution >= 0.6 is 11.6 Å². The fraction of sp³-hybridized carbons (Fsp3) is 0.909. The van der Waals surface area contributed by atoms with E-state index in [9.17, 15) is 14.0 Å². The van der Waals surface area contributed by atoms with Crippen LogP contribution in [0.1, 0.15) is 77.6 Å². The first-order valence-corrected chi connectivity index (χ1v) is 11.8. The summed E-state index contributed by atoms with van der Waals surface area (Å²) in [5.41, 5.74) is -0.514. The van der Waals surface area contributed by atoms with Crippen molar-refractivity contribution >= 4 is 23.4 Å². The van der Waals surface area contributed by atoms with Crippen LogP contribution in [0.3, 0.4) is 0 Å². The molecule has 0 aromatic heterocycles. The van der Waals surface area contributed by atoms with Crippen LogP contribution in [-0.2, 0) is 14.3 Å². The van der Waals surface area contributed by atoms with Gasteiger partial charge in [-0.3, -0.25) is 9.59 Å². The summed E-state index contributed by atoms with van der Waals surface area (Å²) in [6.45, 7) is 2.08. The third-order valence-electron chi connectivity index (χ3n) is 7.73. The van der Waals surface area contributed by atoms with E-state index < -0.39 is 11.5 Å². The van der Waals surface area contributed by atoms with Crippen molar-refractivity contribution in [3.63, 3.8) is 0 Å². The van der Waals surface area contributed by atoms with Gasteiger partial charge in [0.2, 0.25) is 11.8 Å². The van der Waals surface area contributed by atoms with Crippen LogP contribution in [0, 0.1) is 11.3 Å². The number of ether oxygens (including phenoxy) is 1. The van der Waals surface area contributed by atoms with Gasteiger partial charge in [-0.15, -0.1) is 11.6 Å². The Morgan fingerprint density at radius 1 is 1.14 bits per heavy atom. The van der Waals surface area contributed by atoms with Crippen LogP contribution in [0.4, 0.5) is 4.39 Å². The van der Waals surface area contributed by atoms with Gasteiger partial charge in [0.25, 0.3) is 0 Å². The third-order valence-corrected chi connectivity index (χ3v) is 8.22. The quantitative estimate of drug-likeness (QED) is 0.608. The molecule has 5 nitrogen and oxygen atoms in total. The van der Waals surface area contributed by atoms with E-state index in [1.807, 2.05) is 0 Å². The number of amides is 2. The Bertz CT molecular complexity index is 620. The minimum atomic E-state index is -1.06. The van der Waals surface area contributed by atoms with E-state index >= 15 is 0 Å². The third kappa shape index (κ3) is 4.43. The van der Waals surface area contributed by atoms with Crippen molar-refractivity contribution in [1.82, 2.24) is 10.6 Å². The highest BCUT2D eigenvalue weighted by atomic mass is 35.5. The topological polar surface area (TPSA) is 67.4 Å². The first-order valence-electron chi connectivity index (χ1n) is 11.3. The van der Waals surface area contributed by atoms with Crippen molar-refractivity contribution in [2.24, 2.45) is 11.3 Å². The lowest BCUT2D eigenvalue weighted by atomic mass is 9.39. The van der Waals surface area contributed by atoms with Crippen molar-refractivity contribution in [2.45, 2.75) is 107 Å². The molecule has 29 heavy (non-hydrogen) atoms. The molecule has 5 rings (SSSR count). The number of nitrogens with one attached hydrogen (secondary N) is 2. The average Bonchev–Trinajstić information content (AvgIpc) is 2.65. The second kappa shape index (κ2) is 8.33. The second-order valence-electron chi connectivity index (χ2n) is 10.1. The molecule has 2 N–H and O–H groups in total. The van der Waals surface area contributed by atoms with E-state index in [1.54, 1.807) is 0 Å². The summed E-state index contributed by atoms with van der Waals surface area (Å²) in [5.74, 6) is 0.594. The lowest BCUT2D eigenvalue weighted by Crippen LogP contribution is -2.78.